The maximum atomic E-state index is 12.8. The van der Waals surface area contributed by atoms with E-state index in [0.29, 0.717) is 18.8 Å². The summed E-state index contributed by atoms with van der Waals surface area (Å²) >= 11 is 0. The normalized spacial score (nSPS) is 10.6. The van der Waals surface area contributed by atoms with Gasteiger partial charge in [-0.15, -0.1) is 0 Å². The molecular weight excluding hydrogens is 323 g/mol. The lowest BCUT2D eigenvalue weighted by molar-refractivity contribution is 0.0483. The number of ether oxygens (including phenoxy) is 2. The highest BCUT2D eigenvalue weighted by atomic mass is 19.1. The second-order valence-electron chi connectivity index (χ2n) is 5.51. The Kier molecular flexibility index (Phi) is 5.14. The van der Waals surface area contributed by atoms with Crippen molar-refractivity contribution in [1.82, 2.24) is 0 Å². The molecule has 0 aromatic heterocycles. The summed E-state index contributed by atoms with van der Waals surface area (Å²) < 4.78 is 23.4. The molecule has 0 saturated heterocycles. The molecule has 0 radical (unpaired) electrons. The van der Waals surface area contributed by atoms with Gasteiger partial charge in [0.1, 0.15) is 22.9 Å². The van der Waals surface area contributed by atoms with E-state index in [4.69, 9.17) is 9.47 Å². The SMILES string of the molecule is O=C(OCCCOc1ccc(F)cc1)c1cc2ccccc2cc1O. The highest BCUT2D eigenvalue weighted by Crippen LogP contribution is 2.25. The number of hydrogen-bond donors (Lipinski definition) is 1. The van der Waals surface area contributed by atoms with Crippen molar-refractivity contribution in [2.75, 3.05) is 13.2 Å². The number of carbonyl (C=O) groups excluding carboxylic acids is 1. The highest BCUT2D eigenvalue weighted by Gasteiger charge is 2.13. The van der Waals surface area contributed by atoms with E-state index < -0.39 is 5.97 Å². The van der Waals surface area contributed by atoms with Crippen molar-refractivity contribution < 1.29 is 23.8 Å². The minimum absolute atomic E-state index is 0.105. The second-order valence-corrected chi connectivity index (χ2v) is 5.51. The lowest BCUT2D eigenvalue weighted by atomic mass is 10.1. The fraction of sp³-hybridized carbons (Fsp3) is 0.150. The van der Waals surface area contributed by atoms with Crippen LogP contribution in [0.15, 0.2) is 60.7 Å². The molecule has 0 saturated carbocycles. The Balaban J connectivity index is 1.51. The summed E-state index contributed by atoms with van der Waals surface area (Å²) in [5.41, 5.74) is 0.137. The van der Waals surface area contributed by atoms with E-state index in [0.717, 1.165) is 10.8 Å². The summed E-state index contributed by atoms with van der Waals surface area (Å²) in [5.74, 6) is -0.451. The Morgan fingerprint density at radius 1 is 0.960 bits per heavy atom. The van der Waals surface area contributed by atoms with Crippen LogP contribution in [0, 0.1) is 5.82 Å². The van der Waals surface area contributed by atoms with Crippen molar-refractivity contribution in [2.24, 2.45) is 0 Å². The smallest absolute Gasteiger partial charge is 0.341 e. The fourth-order valence-corrected chi connectivity index (χ4v) is 2.41. The quantitative estimate of drug-likeness (QED) is 0.537. The summed E-state index contributed by atoms with van der Waals surface area (Å²) in [6.45, 7) is 0.495. The number of hydrogen-bond acceptors (Lipinski definition) is 4. The van der Waals surface area contributed by atoms with Crippen LogP contribution < -0.4 is 4.74 Å². The molecule has 0 spiro atoms. The predicted molar refractivity (Wildman–Crippen MR) is 92.4 cm³/mol. The Morgan fingerprint density at radius 3 is 2.36 bits per heavy atom. The van der Waals surface area contributed by atoms with Gasteiger partial charge in [-0.2, -0.15) is 0 Å². The van der Waals surface area contributed by atoms with Gasteiger partial charge in [0, 0.05) is 6.42 Å². The Morgan fingerprint density at radius 2 is 1.64 bits per heavy atom. The van der Waals surface area contributed by atoms with Crippen LogP contribution in [-0.4, -0.2) is 24.3 Å². The molecule has 25 heavy (non-hydrogen) atoms. The van der Waals surface area contributed by atoms with Gasteiger partial charge in [-0.05, 0) is 47.2 Å². The van der Waals surface area contributed by atoms with E-state index in [9.17, 15) is 14.3 Å². The molecule has 4 nitrogen and oxygen atoms in total. The molecule has 0 atom stereocenters. The molecule has 0 aliphatic heterocycles. The molecule has 0 heterocycles. The molecule has 3 aromatic carbocycles. The fourth-order valence-electron chi connectivity index (χ4n) is 2.41. The lowest BCUT2D eigenvalue weighted by Gasteiger charge is -2.09. The largest absolute Gasteiger partial charge is 0.507 e. The van der Waals surface area contributed by atoms with E-state index in [2.05, 4.69) is 0 Å². The first kappa shape index (κ1) is 16.8. The summed E-state index contributed by atoms with van der Waals surface area (Å²) in [6.07, 6.45) is 0.484. The van der Waals surface area contributed by atoms with Gasteiger partial charge in [-0.1, -0.05) is 24.3 Å². The zero-order valence-corrected chi connectivity index (χ0v) is 13.4. The van der Waals surface area contributed by atoms with Crippen molar-refractivity contribution in [2.45, 2.75) is 6.42 Å². The summed E-state index contributed by atoms with van der Waals surface area (Å²) in [7, 11) is 0. The average Bonchev–Trinajstić information content (AvgIpc) is 2.62. The van der Waals surface area contributed by atoms with E-state index in [-0.39, 0.29) is 23.7 Å². The molecule has 0 fully saturated rings. The highest BCUT2D eigenvalue weighted by molar-refractivity contribution is 5.98. The number of halogens is 1. The van der Waals surface area contributed by atoms with Gasteiger partial charge in [-0.3, -0.25) is 0 Å². The van der Waals surface area contributed by atoms with Gasteiger partial charge >= 0.3 is 5.97 Å². The minimum Gasteiger partial charge on any atom is -0.507 e. The van der Waals surface area contributed by atoms with Gasteiger partial charge in [-0.25, -0.2) is 9.18 Å². The van der Waals surface area contributed by atoms with Crippen LogP contribution in [0.1, 0.15) is 16.8 Å². The summed E-state index contributed by atoms with van der Waals surface area (Å²) in [4.78, 5) is 12.1. The van der Waals surface area contributed by atoms with Crippen molar-refractivity contribution >= 4 is 16.7 Å². The molecule has 3 rings (SSSR count). The molecule has 3 aromatic rings. The van der Waals surface area contributed by atoms with Crippen LogP contribution in [0.5, 0.6) is 11.5 Å². The Hall–Kier alpha value is -3.08. The first-order valence-electron chi connectivity index (χ1n) is 7.91. The maximum Gasteiger partial charge on any atom is 0.341 e. The maximum absolute atomic E-state index is 12.8. The molecule has 0 aliphatic carbocycles. The first-order chi connectivity index (χ1) is 12.1. The third kappa shape index (κ3) is 4.26. The Bertz CT molecular complexity index is 875. The van der Waals surface area contributed by atoms with Crippen molar-refractivity contribution in [3.63, 3.8) is 0 Å². The monoisotopic (exact) mass is 340 g/mol. The van der Waals surface area contributed by atoms with E-state index >= 15 is 0 Å². The molecule has 0 unspecified atom stereocenters. The topological polar surface area (TPSA) is 55.8 Å². The summed E-state index contributed by atoms with van der Waals surface area (Å²) in [6, 6.07) is 16.3. The summed E-state index contributed by atoms with van der Waals surface area (Å²) in [5, 5.41) is 11.7. The van der Waals surface area contributed by atoms with Gasteiger partial charge < -0.3 is 14.6 Å². The second kappa shape index (κ2) is 7.66. The van der Waals surface area contributed by atoms with Gasteiger partial charge in [0.15, 0.2) is 0 Å². The number of aromatic hydroxyl groups is 1. The van der Waals surface area contributed by atoms with Crippen LogP contribution >= 0.6 is 0 Å². The predicted octanol–water partition coefficient (Wildman–Crippen LogP) is 4.31. The number of carbonyl (C=O) groups is 1. The van der Waals surface area contributed by atoms with E-state index in [1.54, 1.807) is 12.1 Å². The first-order valence-corrected chi connectivity index (χ1v) is 7.91. The van der Waals surface area contributed by atoms with Gasteiger partial charge in [0.2, 0.25) is 0 Å². The zero-order chi connectivity index (χ0) is 17.6. The molecule has 0 bridgehead atoms. The van der Waals surface area contributed by atoms with Crippen molar-refractivity contribution in [3.8, 4) is 11.5 Å². The molecule has 5 heteroatoms. The molecule has 128 valence electrons. The molecule has 0 aliphatic rings. The molecular formula is C20H17FO4. The third-order valence-electron chi connectivity index (χ3n) is 3.69. The molecule has 1 N–H and O–H groups in total. The third-order valence-corrected chi connectivity index (χ3v) is 3.69. The lowest BCUT2D eigenvalue weighted by Crippen LogP contribution is -2.09. The average molecular weight is 340 g/mol. The van der Waals surface area contributed by atoms with Crippen molar-refractivity contribution in [3.05, 3.63) is 72.0 Å². The van der Waals surface area contributed by atoms with Crippen LogP contribution in [0.3, 0.4) is 0 Å². The van der Waals surface area contributed by atoms with Crippen LogP contribution in [0.25, 0.3) is 10.8 Å². The minimum atomic E-state index is -0.579. The number of esters is 1. The zero-order valence-electron chi connectivity index (χ0n) is 13.4. The number of phenols is 1. The molecule has 0 amide bonds. The van der Waals surface area contributed by atoms with Crippen LogP contribution in [0.4, 0.5) is 4.39 Å². The van der Waals surface area contributed by atoms with E-state index in [1.165, 1.54) is 24.3 Å². The van der Waals surface area contributed by atoms with Crippen molar-refractivity contribution in [1.29, 1.82) is 0 Å². The number of fused-ring (bicyclic) bond motifs is 1. The van der Waals surface area contributed by atoms with Crippen LogP contribution in [-0.2, 0) is 4.74 Å². The van der Waals surface area contributed by atoms with Crippen LogP contribution in [0.2, 0.25) is 0 Å². The number of rotatable bonds is 6. The Labute approximate surface area is 144 Å². The van der Waals surface area contributed by atoms with Gasteiger partial charge in [0.05, 0.1) is 13.2 Å². The van der Waals surface area contributed by atoms with E-state index in [1.807, 2.05) is 24.3 Å². The number of phenolic OH excluding ortho intramolecular Hbond substituents is 1. The number of benzene rings is 3. The van der Waals surface area contributed by atoms with Gasteiger partial charge in [0.25, 0.3) is 0 Å². The standard InChI is InChI=1S/C20H17FO4/c21-16-6-8-17(9-7-16)24-10-3-11-25-20(23)18-12-14-4-1-2-5-15(14)13-19(18)22/h1-2,4-9,12-13,22H,3,10-11H2.